The van der Waals surface area contributed by atoms with Crippen molar-refractivity contribution in [3.05, 3.63) is 65.5 Å². The molecule has 0 aliphatic heterocycles. The van der Waals surface area contributed by atoms with Crippen LogP contribution in [0, 0.1) is 0 Å². The summed E-state index contributed by atoms with van der Waals surface area (Å²) in [6.07, 6.45) is 1.59. The molecule has 0 amide bonds. The molecule has 22 heavy (non-hydrogen) atoms. The fraction of sp³-hybridized carbons (Fsp3) is 0.118. The van der Waals surface area contributed by atoms with Crippen LogP contribution in [0.3, 0.4) is 0 Å². The van der Waals surface area contributed by atoms with Crippen LogP contribution < -0.4 is 9.47 Å². The predicted octanol–water partition coefficient (Wildman–Crippen LogP) is 4.58. The van der Waals surface area contributed by atoms with Gasteiger partial charge >= 0.3 is 0 Å². The molecule has 0 fully saturated rings. The van der Waals surface area contributed by atoms with Crippen LogP contribution in [0.5, 0.6) is 11.5 Å². The number of benzene rings is 2. The van der Waals surface area contributed by atoms with E-state index < -0.39 is 0 Å². The second-order valence-corrected chi connectivity index (χ2v) is 5.05. The zero-order valence-corrected chi connectivity index (χ0v) is 12.7. The number of nitrogens with zero attached hydrogens (tertiary/aromatic N) is 1. The molecule has 0 saturated carbocycles. The van der Waals surface area contributed by atoms with Crippen LogP contribution in [-0.2, 0) is 6.61 Å². The number of oxazole rings is 1. The van der Waals surface area contributed by atoms with Gasteiger partial charge in [-0.1, -0.05) is 17.7 Å². The standard InChI is InChI=1S/C17H14ClNO3/c1-20-15-7-5-12(6-8-15)17-19-14(11-22-17)10-21-16-4-2-3-13(18)9-16/h2-9,11H,10H2,1H3. The fourth-order valence-electron chi connectivity index (χ4n) is 1.95. The summed E-state index contributed by atoms with van der Waals surface area (Å²) >= 11 is 5.91. The number of hydrogen-bond donors (Lipinski definition) is 0. The van der Waals surface area contributed by atoms with Crippen molar-refractivity contribution in [3.63, 3.8) is 0 Å². The zero-order valence-electron chi connectivity index (χ0n) is 12.0. The minimum absolute atomic E-state index is 0.319. The molecule has 3 aromatic rings. The molecule has 3 rings (SSSR count). The lowest BCUT2D eigenvalue weighted by atomic mass is 10.2. The van der Waals surface area contributed by atoms with Crippen molar-refractivity contribution < 1.29 is 13.9 Å². The quantitative estimate of drug-likeness (QED) is 0.691. The van der Waals surface area contributed by atoms with E-state index in [1.165, 1.54) is 0 Å². The van der Waals surface area contributed by atoms with Crippen molar-refractivity contribution in [2.75, 3.05) is 7.11 Å². The van der Waals surface area contributed by atoms with Crippen LogP contribution in [-0.4, -0.2) is 12.1 Å². The molecule has 5 heteroatoms. The first-order chi connectivity index (χ1) is 10.7. The van der Waals surface area contributed by atoms with E-state index in [9.17, 15) is 0 Å². The molecule has 0 bridgehead atoms. The Hall–Kier alpha value is -2.46. The lowest BCUT2D eigenvalue weighted by molar-refractivity contribution is 0.301. The first-order valence-corrected chi connectivity index (χ1v) is 7.09. The summed E-state index contributed by atoms with van der Waals surface area (Å²) in [5.74, 6) is 2.04. The maximum absolute atomic E-state index is 5.91. The average Bonchev–Trinajstić information content (AvgIpc) is 3.02. The van der Waals surface area contributed by atoms with Gasteiger partial charge in [0.1, 0.15) is 30.1 Å². The molecular weight excluding hydrogens is 302 g/mol. The molecule has 0 radical (unpaired) electrons. The van der Waals surface area contributed by atoms with Gasteiger partial charge in [-0.25, -0.2) is 4.98 Å². The van der Waals surface area contributed by atoms with Gasteiger partial charge in [0.2, 0.25) is 5.89 Å². The van der Waals surface area contributed by atoms with Gasteiger partial charge in [0.15, 0.2) is 0 Å². The van der Waals surface area contributed by atoms with Crippen molar-refractivity contribution in [2.24, 2.45) is 0 Å². The summed E-state index contributed by atoms with van der Waals surface area (Å²) in [5, 5.41) is 0.636. The molecule has 0 unspecified atom stereocenters. The molecule has 4 nitrogen and oxygen atoms in total. The van der Waals surface area contributed by atoms with E-state index in [2.05, 4.69) is 4.98 Å². The highest BCUT2D eigenvalue weighted by molar-refractivity contribution is 6.30. The third-order valence-electron chi connectivity index (χ3n) is 3.07. The molecule has 0 N–H and O–H groups in total. The summed E-state index contributed by atoms with van der Waals surface area (Å²) in [4.78, 5) is 4.41. The summed E-state index contributed by atoms with van der Waals surface area (Å²) in [7, 11) is 1.63. The van der Waals surface area contributed by atoms with E-state index in [1.54, 1.807) is 25.5 Å². The van der Waals surface area contributed by atoms with Gasteiger partial charge in [-0.3, -0.25) is 0 Å². The van der Waals surface area contributed by atoms with Crippen molar-refractivity contribution in [2.45, 2.75) is 6.61 Å². The molecule has 2 aromatic carbocycles. The van der Waals surface area contributed by atoms with Crippen LogP contribution in [0.2, 0.25) is 5.02 Å². The second-order valence-electron chi connectivity index (χ2n) is 4.62. The summed E-state index contributed by atoms with van der Waals surface area (Å²) in [5.41, 5.74) is 1.60. The van der Waals surface area contributed by atoms with Crippen LogP contribution in [0.4, 0.5) is 0 Å². The van der Waals surface area contributed by atoms with Gasteiger partial charge in [-0.05, 0) is 42.5 Å². The van der Waals surface area contributed by atoms with Crippen molar-refractivity contribution in [1.82, 2.24) is 4.98 Å². The van der Waals surface area contributed by atoms with Crippen LogP contribution in [0.25, 0.3) is 11.5 Å². The Kier molecular flexibility index (Phi) is 4.30. The Bertz CT molecular complexity index is 753. The second kappa shape index (κ2) is 6.54. The van der Waals surface area contributed by atoms with Gasteiger partial charge < -0.3 is 13.9 Å². The molecule has 1 heterocycles. The number of rotatable bonds is 5. The first-order valence-electron chi connectivity index (χ1n) is 6.72. The third-order valence-corrected chi connectivity index (χ3v) is 3.31. The first kappa shape index (κ1) is 14.5. The molecule has 1 aromatic heterocycles. The van der Waals surface area contributed by atoms with E-state index in [1.807, 2.05) is 36.4 Å². The van der Waals surface area contributed by atoms with E-state index in [0.717, 1.165) is 11.3 Å². The zero-order chi connectivity index (χ0) is 15.4. The Morgan fingerprint density at radius 2 is 1.91 bits per heavy atom. The monoisotopic (exact) mass is 315 g/mol. The SMILES string of the molecule is COc1ccc(-c2nc(COc3cccc(Cl)c3)co2)cc1. The maximum atomic E-state index is 5.91. The molecule has 0 saturated heterocycles. The predicted molar refractivity (Wildman–Crippen MR) is 84.3 cm³/mol. The van der Waals surface area contributed by atoms with Gasteiger partial charge in [0.25, 0.3) is 0 Å². The summed E-state index contributed by atoms with van der Waals surface area (Å²) in [6.45, 7) is 0.319. The average molecular weight is 316 g/mol. The smallest absolute Gasteiger partial charge is 0.226 e. The van der Waals surface area contributed by atoms with E-state index >= 15 is 0 Å². The van der Waals surface area contributed by atoms with E-state index in [0.29, 0.717) is 29.0 Å². The van der Waals surface area contributed by atoms with Gasteiger partial charge in [-0.2, -0.15) is 0 Å². The summed E-state index contributed by atoms with van der Waals surface area (Å²) in [6, 6.07) is 14.7. The fourth-order valence-corrected chi connectivity index (χ4v) is 2.13. The minimum atomic E-state index is 0.319. The normalized spacial score (nSPS) is 10.5. The van der Waals surface area contributed by atoms with E-state index in [-0.39, 0.29) is 0 Å². The third kappa shape index (κ3) is 3.40. The van der Waals surface area contributed by atoms with Crippen LogP contribution in [0.1, 0.15) is 5.69 Å². The topological polar surface area (TPSA) is 44.5 Å². The lowest BCUT2D eigenvalue weighted by Gasteiger charge is -2.03. The van der Waals surface area contributed by atoms with Gasteiger partial charge in [-0.15, -0.1) is 0 Å². The lowest BCUT2D eigenvalue weighted by Crippen LogP contribution is -1.95. The Morgan fingerprint density at radius 1 is 1.09 bits per heavy atom. The van der Waals surface area contributed by atoms with Crippen molar-refractivity contribution in [1.29, 1.82) is 0 Å². The maximum Gasteiger partial charge on any atom is 0.226 e. The number of methoxy groups -OCH3 is 1. The van der Waals surface area contributed by atoms with E-state index in [4.69, 9.17) is 25.5 Å². The summed E-state index contributed by atoms with van der Waals surface area (Å²) < 4.78 is 16.2. The Labute approximate surface area is 133 Å². The Balaban J connectivity index is 1.68. The highest BCUT2D eigenvalue weighted by Crippen LogP contribution is 2.23. The van der Waals surface area contributed by atoms with Gasteiger partial charge in [0.05, 0.1) is 7.11 Å². The Morgan fingerprint density at radius 3 is 2.64 bits per heavy atom. The highest BCUT2D eigenvalue weighted by Gasteiger charge is 2.07. The largest absolute Gasteiger partial charge is 0.497 e. The van der Waals surface area contributed by atoms with Crippen LogP contribution in [0.15, 0.2) is 59.2 Å². The molecule has 0 spiro atoms. The van der Waals surface area contributed by atoms with Crippen molar-refractivity contribution in [3.8, 4) is 23.0 Å². The minimum Gasteiger partial charge on any atom is -0.497 e. The van der Waals surface area contributed by atoms with Crippen LogP contribution >= 0.6 is 11.6 Å². The highest BCUT2D eigenvalue weighted by atomic mass is 35.5. The number of hydrogen-bond acceptors (Lipinski definition) is 4. The van der Waals surface area contributed by atoms with Crippen molar-refractivity contribution >= 4 is 11.6 Å². The molecule has 0 aliphatic rings. The number of ether oxygens (including phenoxy) is 2. The number of aromatic nitrogens is 1. The molecule has 0 atom stereocenters. The molecule has 0 aliphatic carbocycles. The number of halogens is 1. The molecular formula is C17H14ClNO3. The molecule has 112 valence electrons. The van der Waals surface area contributed by atoms with Gasteiger partial charge in [0, 0.05) is 10.6 Å².